The minimum Gasteiger partial charge on any atom is -0.481 e. The number of ketones is 1. The monoisotopic (exact) mass is 352 g/mol. The zero-order valence-electron chi connectivity index (χ0n) is 15.1. The summed E-state index contributed by atoms with van der Waals surface area (Å²) in [5, 5.41) is 28.7. The summed E-state index contributed by atoms with van der Waals surface area (Å²) in [4.78, 5) is 22.5. The quantitative estimate of drug-likeness (QED) is 0.370. The molecule has 3 N–H and O–H groups in total. The molecule has 0 amide bonds. The van der Waals surface area contributed by atoms with Crippen molar-refractivity contribution in [2.45, 2.75) is 76.9 Å². The predicted molar refractivity (Wildman–Crippen MR) is 97.1 cm³/mol. The molecule has 1 saturated carbocycles. The molecule has 25 heavy (non-hydrogen) atoms. The van der Waals surface area contributed by atoms with Crippen LogP contribution in [0, 0.1) is 11.8 Å². The third-order valence-electron chi connectivity index (χ3n) is 4.71. The Hall–Kier alpha value is -1.46. The summed E-state index contributed by atoms with van der Waals surface area (Å²) in [6.07, 6.45) is 12.1. The van der Waals surface area contributed by atoms with Gasteiger partial charge < -0.3 is 15.3 Å². The van der Waals surface area contributed by atoms with E-state index in [1.54, 1.807) is 12.2 Å². The Morgan fingerprint density at radius 3 is 2.72 bits per heavy atom. The molecule has 0 aromatic heterocycles. The van der Waals surface area contributed by atoms with E-state index in [0.717, 1.165) is 19.3 Å². The van der Waals surface area contributed by atoms with Crippen molar-refractivity contribution in [3.05, 3.63) is 24.3 Å². The second kappa shape index (κ2) is 12.0. The maximum atomic E-state index is 12.1. The van der Waals surface area contributed by atoms with Gasteiger partial charge in [-0.05, 0) is 25.7 Å². The number of carbonyl (C=O) groups is 2. The van der Waals surface area contributed by atoms with Crippen molar-refractivity contribution in [3.63, 3.8) is 0 Å². The first-order chi connectivity index (χ1) is 12.0. The number of aliphatic carboxylic acids is 1. The van der Waals surface area contributed by atoms with Crippen LogP contribution in [0.15, 0.2) is 24.3 Å². The van der Waals surface area contributed by atoms with Crippen LogP contribution >= 0.6 is 0 Å². The van der Waals surface area contributed by atoms with Crippen LogP contribution in [0.1, 0.15) is 64.7 Å². The van der Waals surface area contributed by atoms with Crippen molar-refractivity contribution in [3.8, 4) is 0 Å². The number of unbranched alkanes of at least 4 members (excludes halogenated alkanes) is 3. The van der Waals surface area contributed by atoms with Crippen molar-refractivity contribution >= 4 is 11.8 Å². The van der Waals surface area contributed by atoms with Gasteiger partial charge >= 0.3 is 5.97 Å². The average Bonchev–Trinajstić information content (AvgIpc) is 2.82. The Balaban J connectivity index is 2.48. The normalized spacial score (nSPS) is 25.2. The van der Waals surface area contributed by atoms with Gasteiger partial charge in [-0.25, -0.2) is 0 Å². The maximum absolute atomic E-state index is 12.1. The second-order valence-electron chi connectivity index (χ2n) is 6.86. The Labute approximate surface area is 150 Å². The first-order valence-corrected chi connectivity index (χ1v) is 9.39. The van der Waals surface area contributed by atoms with Crippen LogP contribution in [0.3, 0.4) is 0 Å². The van der Waals surface area contributed by atoms with E-state index in [1.165, 1.54) is 0 Å². The molecule has 0 radical (unpaired) electrons. The zero-order valence-corrected chi connectivity index (χ0v) is 15.1. The molecular weight excluding hydrogens is 320 g/mol. The van der Waals surface area contributed by atoms with E-state index in [4.69, 9.17) is 5.11 Å². The number of hydrogen-bond donors (Lipinski definition) is 3. The number of aliphatic hydroxyl groups is 2. The van der Waals surface area contributed by atoms with Gasteiger partial charge in [0.2, 0.25) is 0 Å². The molecule has 2 unspecified atom stereocenters. The summed E-state index contributed by atoms with van der Waals surface area (Å²) in [7, 11) is 0. The molecule has 0 aromatic rings. The predicted octanol–water partition coefficient (Wildman–Crippen LogP) is 3.25. The van der Waals surface area contributed by atoms with Gasteiger partial charge in [0.05, 0.1) is 12.2 Å². The highest BCUT2D eigenvalue weighted by Gasteiger charge is 2.39. The molecule has 0 aliphatic heterocycles. The van der Waals surface area contributed by atoms with Crippen LogP contribution in [0.4, 0.5) is 0 Å². The van der Waals surface area contributed by atoms with Crippen LogP contribution in [0.25, 0.3) is 0 Å². The van der Waals surface area contributed by atoms with E-state index in [9.17, 15) is 19.8 Å². The fraction of sp³-hybridized carbons (Fsp3) is 0.700. The number of aliphatic hydroxyl groups excluding tert-OH is 2. The Morgan fingerprint density at radius 1 is 1.28 bits per heavy atom. The number of carboxylic acids is 1. The van der Waals surface area contributed by atoms with Crippen LogP contribution in [0.5, 0.6) is 0 Å². The highest BCUT2D eigenvalue weighted by atomic mass is 16.4. The molecule has 4 atom stereocenters. The number of allylic oxidation sites excluding steroid dienone is 2. The lowest BCUT2D eigenvalue weighted by Crippen LogP contribution is -2.18. The van der Waals surface area contributed by atoms with E-state index in [1.807, 2.05) is 12.2 Å². The van der Waals surface area contributed by atoms with E-state index in [2.05, 4.69) is 6.92 Å². The largest absolute Gasteiger partial charge is 0.481 e. The van der Waals surface area contributed by atoms with Gasteiger partial charge in [0.1, 0.15) is 5.78 Å². The molecule has 0 aromatic carbocycles. The summed E-state index contributed by atoms with van der Waals surface area (Å²) in [5.41, 5.74) is 0. The molecule has 5 heteroatoms. The number of hydrogen-bond acceptors (Lipinski definition) is 4. The lowest BCUT2D eigenvalue weighted by molar-refractivity contribution is -0.137. The Morgan fingerprint density at radius 2 is 2.04 bits per heavy atom. The minimum absolute atomic E-state index is 0.0535. The summed E-state index contributed by atoms with van der Waals surface area (Å²) < 4.78 is 0. The molecule has 0 bridgehead atoms. The standard InChI is InChI=1S/C20H32O5/c1-2-3-6-9-15(21)12-13-17-16(18(22)14-19(17)23)10-7-4-5-8-11-20(24)25/h4,7,12-13,15-17,19,21,23H,2-3,5-6,8-11,14H2,1H3,(H,24,25)/t15?,16-,17+,19?/m0/s1. The smallest absolute Gasteiger partial charge is 0.303 e. The van der Waals surface area contributed by atoms with Gasteiger partial charge in [0.15, 0.2) is 0 Å². The summed E-state index contributed by atoms with van der Waals surface area (Å²) in [6, 6.07) is 0. The van der Waals surface area contributed by atoms with Gasteiger partial charge in [-0.2, -0.15) is 0 Å². The second-order valence-corrected chi connectivity index (χ2v) is 6.86. The third kappa shape index (κ3) is 8.45. The highest BCUT2D eigenvalue weighted by molar-refractivity contribution is 5.84. The molecule has 1 rings (SSSR count). The minimum atomic E-state index is -0.801. The Bertz CT molecular complexity index is 469. The van der Waals surface area contributed by atoms with Crippen LogP contribution in [-0.2, 0) is 9.59 Å². The van der Waals surface area contributed by atoms with Gasteiger partial charge in [-0.15, -0.1) is 0 Å². The van der Waals surface area contributed by atoms with E-state index < -0.39 is 18.2 Å². The fourth-order valence-electron chi connectivity index (χ4n) is 3.22. The lowest BCUT2D eigenvalue weighted by Gasteiger charge is -2.16. The SMILES string of the molecule is CCCCCC(O)C=C[C@H]1C(O)CC(=O)[C@H]1CC=CCCCC(=O)O. The number of Topliss-reactive ketones (excluding diaryl/α,β-unsaturated/α-hetero) is 1. The molecular formula is C20H32O5. The van der Waals surface area contributed by atoms with Crippen LogP contribution in [0.2, 0.25) is 0 Å². The molecule has 5 nitrogen and oxygen atoms in total. The number of carboxylic acid groups (broad SMARTS) is 1. The highest BCUT2D eigenvalue weighted by Crippen LogP contribution is 2.33. The van der Waals surface area contributed by atoms with Gasteiger partial charge in [-0.3, -0.25) is 9.59 Å². The average molecular weight is 352 g/mol. The van der Waals surface area contributed by atoms with E-state index in [0.29, 0.717) is 25.7 Å². The molecule has 0 spiro atoms. The van der Waals surface area contributed by atoms with Crippen molar-refractivity contribution in [1.82, 2.24) is 0 Å². The number of rotatable bonds is 12. The molecule has 0 saturated heterocycles. The fourth-order valence-corrected chi connectivity index (χ4v) is 3.22. The van der Waals surface area contributed by atoms with Gasteiger partial charge in [0.25, 0.3) is 0 Å². The molecule has 0 heterocycles. The van der Waals surface area contributed by atoms with Crippen LogP contribution in [-0.4, -0.2) is 39.3 Å². The van der Waals surface area contributed by atoms with Crippen molar-refractivity contribution in [1.29, 1.82) is 0 Å². The summed E-state index contributed by atoms with van der Waals surface area (Å²) >= 11 is 0. The first kappa shape index (κ1) is 21.6. The third-order valence-corrected chi connectivity index (χ3v) is 4.71. The van der Waals surface area contributed by atoms with Gasteiger partial charge in [0, 0.05) is 24.7 Å². The molecule has 142 valence electrons. The molecule has 1 fully saturated rings. The lowest BCUT2D eigenvalue weighted by atomic mass is 9.90. The van der Waals surface area contributed by atoms with Gasteiger partial charge in [-0.1, -0.05) is 50.5 Å². The summed E-state index contributed by atoms with van der Waals surface area (Å²) in [5.74, 6) is -1.26. The van der Waals surface area contributed by atoms with Crippen molar-refractivity contribution < 1.29 is 24.9 Å². The summed E-state index contributed by atoms with van der Waals surface area (Å²) in [6.45, 7) is 2.11. The maximum Gasteiger partial charge on any atom is 0.303 e. The molecule has 1 aliphatic rings. The topological polar surface area (TPSA) is 94.8 Å². The Kier molecular flexibility index (Phi) is 10.3. The van der Waals surface area contributed by atoms with E-state index in [-0.39, 0.29) is 30.5 Å². The zero-order chi connectivity index (χ0) is 18.7. The van der Waals surface area contributed by atoms with Crippen molar-refractivity contribution in [2.24, 2.45) is 11.8 Å². The molecule has 1 aliphatic carbocycles. The number of carbonyl (C=O) groups excluding carboxylic acids is 1. The van der Waals surface area contributed by atoms with Crippen molar-refractivity contribution in [2.75, 3.05) is 0 Å². The first-order valence-electron chi connectivity index (χ1n) is 9.39. The van der Waals surface area contributed by atoms with E-state index >= 15 is 0 Å². The van der Waals surface area contributed by atoms with Crippen LogP contribution < -0.4 is 0 Å².